The number of aromatic nitrogens is 4. The molecule has 1 unspecified atom stereocenters. The van der Waals surface area contributed by atoms with E-state index >= 15 is 0 Å². The Morgan fingerprint density at radius 1 is 1.17 bits per heavy atom. The lowest BCUT2D eigenvalue weighted by Gasteiger charge is -2.22. The van der Waals surface area contributed by atoms with Gasteiger partial charge in [0, 0.05) is 18.8 Å². The van der Waals surface area contributed by atoms with Crippen molar-refractivity contribution >= 4 is 17.5 Å². The van der Waals surface area contributed by atoms with E-state index < -0.39 is 69.7 Å². The molecule has 1 N–H and O–H groups in total. The van der Waals surface area contributed by atoms with E-state index in [1.165, 1.54) is 0 Å². The lowest BCUT2D eigenvalue weighted by atomic mass is 10.0. The third kappa shape index (κ3) is 5.76. The summed E-state index contributed by atoms with van der Waals surface area (Å²) in [5.74, 6) is -5.26. The fourth-order valence-electron chi connectivity index (χ4n) is 3.63. The molecule has 4 rings (SSSR count). The average molecular weight is 619 g/mol. The van der Waals surface area contributed by atoms with Gasteiger partial charge in [0.25, 0.3) is 18.0 Å². The summed E-state index contributed by atoms with van der Waals surface area (Å²) in [7, 11) is 0.779. The molecule has 8 nitrogen and oxygen atoms in total. The van der Waals surface area contributed by atoms with Gasteiger partial charge in [-0.05, 0) is 30.5 Å². The minimum Gasteiger partial charge on any atom is -0.410 e. The first-order valence-corrected chi connectivity index (χ1v) is 11.4. The Bertz CT molecular complexity index is 1550. The van der Waals surface area contributed by atoms with E-state index in [1.807, 2.05) is 6.07 Å². The van der Waals surface area contributed by atoms with Crippen LogP contribution in [-0.2, 0) is 13.2 Å². The third-order valence-corrected chi connectivity index (χ3v) is 6.19. The molecule has 3 aromatic rings. The highest BCUT2D eigenvalue weighted by molar-refractivity contribution is 6.34. The van der Waals surface area contributed by atoms with Crippen LogP contribution in [0.3, 0.4) is 0 Å². The number of nitrogens with one attached hydrogen (secondary N) is 1. The van der Waals surface area contributed by atoms with Gasteiger partial charge in [-0.2, -0.15) is 45.5 Å². The topological polar surface area (TPSA) is 97.8 Å². The quantitative estimate of drug-likeness (QED) is 0.341. The summed E-state index contributed by atoms with van der Waals surface area (Å²) in [5, 5.41) is 17.6. The number of alkyl halides is 9. The van der Waals surface area contributed by atoms with Crippen LogP contribution in [0.15, 0.2) is 24.5 Å². The van der Waals surface area contributed by atoms with E-state index in [2.05, 4.69) is 20.3 Å². The summed E-state index contributed by atoms with van der Waals surface area (Å²) in [6.45, 7) is 0. The second-order valence-electron chi connectivity index (χ2n) is 8.83. The van der Waals surface area contributed by atoms with Gasteiger partial charge in [0.15, 0.2) is 11.4 Å². The zero-order valence-electron chi connectivity index (χ0n) is 20.0. The molecule has 0 aliphatic heterocycles. The number of hydrogen-bond donors (Lipinski definition) is 1. The highest BCUT2D eigenvalue weighted by atomic mass is 35.5. The maximum absolute atomic E-state index is 14.6. The Balaban J connectivity index is 1.74. The molecular weight excluding hydrogens is 606 g/mol. The Morgan fingerprint density at radius 2 is 1.80 bits per heavy atom. The van der Waals surface area contributed by atoms with Crippen LogP contribution < -0.4 is 10.1 Å². The van der Waals surface area contributed by atoms with Crippen molar-refractivity contribution < 1.29 is 53.4 Å². The number of carbonyl (C=O) groups excluding carboxylic acids is 1. The molecule has 0 bridgehead atoms. The summed E-state index contributed by atoms with van der Waals surface area (Å²) in [5.41, 5.74) is -3.98. The molecule has 2 heterocycles. The Labute approximate surface area is 227 Å². The number of halogens is 11. The van der Waals surface area contributed by atoms with Gasteiger partial charge in [0.05, 0.1) is 22.9 Å². The maximum atomic E-state index is 14.6. The van der Waals surface area contributed by atoms with Gasteiger partial charge in [-0.25, -0.2) is 18.1 Å². The first-order valence-electron chi connectivity index (χ1n) is 11.0. The number of aryl methyl sites for hydroxylation is 1. The van der Waals surface area contributed by atoms with Crippen molar-refractivity contribution in [1.29, 1.82) is 5.26 Å². The van der Waals surface area contributed by atoms with Crippen LogP contribution in [0.2, 0.25) is 5.02 Å². The zero-order chi connectivity index (χ0) is 30.7. The second-order valence-corrected chi connectivity index (χ2v) is 9.21. The number of hydrogen-bond acceptors (Lipinski definition) is 5. The predicted molar refractivity (Wildman–Crippen MR) is 117 cm³/mol. The summed E-state index contributed by atoms with van der Waals surface area (Å²) in [4.78, 5) is 12.6. The Kier molecular flexibility index (Phi) is 7.17. The Morgan fingerprint density at radius 3 is 2.34 bits per heavy atom. The molecule has 1 aliphatic rings. The molecule has 0 saturated heterocycles. The van der Waals surface area contributed by atoms with Crippen molar-refractivity contribution in [1.82, 2.24) is 24.9 Å². The molecule has 0 radical (unpaired) electrons. The molecule has 1 aromatic carbocycles. The first kappa shape index (κ1) is 30.0. The lowest BCUT2D eigenvalue weighted by molar-refractivity contribution is -0.306. The molecule has 41 heavy (non-hydrogen) atoms. The standard InChI is InChI=1S/C22H13ClF10N6O2/c1-38-17(13(20(26,27)28)16(37-38)41-22(32,33)18(25)21(29,30)31)39-7-10(6-35-39)9-4-11(14(23)12(24)5-9)15(40)36-19(8-34)2-3-19/h4-7,18H,2-3H2,1H3,(H,36,40). The van der Waals surface area contributed by atoms with Crippen LogP contribution in [-0.4, -0.2) is 49.5 Å². The fourth-order valence-corrected chi connectivity index (χ4v) is 3.82. The number of rotatable bonds is 7. The molecule has 1 aliphatic carbocycles. The molecule has 19 heteroatoms. The highest BCUT2D eigenvalue weighted by Crippen LogP contribution is 2.44. The lowest BCUT2D eigenvalue weighted by Crippen LogP contribution is -2.46. The predicted octanol–water partition coefficient (Wildman–Crippen LogP) is 5.74. The zero-order valence-corrected chi connectivity index (χ0v) is 20.8. The molecular formula is C22H13ClF10N6O2. The minimum absolute atomic E-state index is 0.140. The molecule has 220 valence electrons. The molecule has 0 spiro atoms. The fraction of sp³-hybridized carbons (Fsp3) is 0.364. The smallest absolute Gasteiger partial charge is 0.410 e. The van der Waals surface area contributed by atoms with Crippen molar-refractivity contribution in [2.24, 2.45) is 7.05 Å². The van der Waals surface area contributed by atoms with E-state index in [-0.39, 0.29) is 15.8 Å². The van der Waals surface area contributed by atoms with Gasteiger partial charge in [-0.1, -0.05) is 11.6 Å². The van der Waals surface area contributed by atoms with Crippen molar-refractivity contribution in [2.45, 2.75) is 43.0 Å². The summed E-state index contributed by atoms with van der Waals surface area (Å²) in [6.07, 6.45) is -20.1. The van der Waals surface area contributed by atoms with E-state index in [1.54, 1.807) is 0 Å². The number of nitrogens with zero attached hydrogens (tertiary/aromatic N) is 5. The van der Waals surface area contributed by atoms with Crippen molar-refractivity contribution in [3.63, 3.8) is 0 Å². The number of benzene rings is 1. The van der Waals surface area contributed by atoms with E-state index in [4.69, 9.17) is 16.9 Å². The van der Waals surface area contributed by atoms with Crippen LogP contribution in [0.4, 0.5) is 43.9 Å². The van der Waals surface area contributed by atoms with Crippen LogP contribution in [0.5, 0.6) is 5.88 Å². The Hall–Kier alpha value is -4.01. The minimum atomic E-state index is -6.17. The normalized spacial score (nSPS) is 15.8. The first-order chi connectivity index (χ1) is 18.8. The monoisotopic (exact) mass is 618 g/mol. The summed E-state index contributed by atoms with van der Waals surface area (Å²) < 4.78 is 139. The molecule has 1 amide bonds. The van der Waals surface area contributed by atoms with Gasteiger partial charge in [-0.15, -0.1) is 5.10 Å². The summed E-state index contributed by atoms with van der Waals surface area (Å²) >= 11 is 5.89. The van der Waals surface area contributed by atoms with Crippen LogP contribution in [0.1, 0.15) is 28.8 Å². The third-order valence-electron chi connectivity index (χ3n) is 5.81. The summed E-state index contributed by atoms with van der Waals surface area (Å²) in [6, 6.07) is 3.75. The number of amides is 1. The largest absolute Gasteiger partial charge is 0.440 e. The van der Waals surface area contributed by atoms with Crippen molar-refractivity contribution in [3.8, 4) is 28.9 Å². The van der Waals surface area contributed by atoms with Gasteiger partial charge in [-0.3, -0.25) is 4.79 Å². The van der Waals surface area contributed by atoms with Crippen molar-refractivity contribution in [2.75, 3.05) is 0 Å². The average Bonchev–Trinajstić information content (AvgIpc) is 3.30. The van der Waals surface area contributed by atoms with Gasteiger partial charge < -0.3 is 10.1 Å². The molecule has 1 saturated carbocycles. The SMILES string of the molecule is Cn1nc(OC(F)(F)C(F)C(F)(F)F)c(C(F)(F)F)c1-n1cc(-c2cc(F)c(Cl)c(C(=O)NC3(C#N)CC3)c2)cn1. The van der Waals surface area contributed by atoms with Gasteiger partial charge >= 0.3 is 18.5 Å². The van der Waals surface area contributed by atoms with Crippen LogP contribution in [0.25, 0.3) is 16.9 Å². The molecule has 1 atom stereocenters. The number of nitriles is 1. The van der Waals surface area contributed by atoms with Crippen LogP contribution >= 0.6 is 11.6 Å². The molecule has 2 aromatic heterocycles. The van der Waals surface area contributed by atoms with Gasteiger partial charge in [0.1, 0.15) is 11.4 Å². The van der Waals surface area contributed by atoms with Gasteiger partial charge in [0.2, 0.25) is 0 Å². The molecule has 1 fully saturated rings. The van der Waals surface area contributed by atoms with Crippen LogP contribution in [0, 0.1) is 17.1 Å². The van der Waals surface area contributed by atoms with E-state index in [0.717, 1.165) is 31.6 Å². The second kappa shape index (κ2) is 9.82. The number of carbonyl (C=O) groups is 1. The van der Waals surface area contributed by atoms with E-state index in [0.29, 0.717) is 17.5 Å². The highest BCUT2D eigenvalue weighted by Gasteiger charge is 2.60. The van der Waals surface area contributed by atoms with Crippen molar-refractivity contribution in [3.05, 3.63) is 46.5 Å². The van der Waals surface area contributed by atoms with E-state index in [9.17, 15) is 48.7 Å². The number of ether oxygens (including phenoxy) is 1. The maximum Gasteiger partial charge on any atom is 0.440 e.